The highest BCUT2D eigenvalue weighted by Crippen LogP contribution is 2.28. The molecule has 0 aliphatic heterocycles. The number of anilines is 3. The number of ether oxygens (including phenoxy) is 1. The summed E-state index contributed by atoms with van der Waals surface area (Å²) in [7, 11) is 0. The number of nitrogens with zero attached hydrogens (tertiary/aromatic N) is 3. The molecule has 35 heavy (non-hydrogen) atoms. The summed E-state index contributed by atoms with van der Waals surface area (Å²) in [5.74, 6) is 0.924. The standard InChI is InChI=1S/C25H25ClN6O3/c1-15(2)20-13-18(22-24(27)28-14-29-32(20)22)23(33)16-6-5-7-17(12-16)30-25(34)31-19-8-3-4-9-21(19)35-11-10-26/h3-9,12-15H,10-11H2,1-2H3,(H2,27,28,29)(H2,30,31,34). The van der Waals surface area contributed by atoms with Crippen molar-refractivity contribution in [3.8, 4) is 5.75 Å². The van der Waals surface area contributed by atoms with Gasteiger partial charge in [-0.25, -0.2) is 14.3 Å². The molecule has 9 nitrogen and oxygen atoms in total. The van der Waals surface area contributed by atoms with E-state index in [4.69, 9.17) is 22.1 Å². The number of nitrogens with two attached hydrogens (primary N) is 1. The summed E-state index contributed by atoms with van der Waals surface area (Å²) < 4.78 is 7.21. The molecular weight excluding hydrogens is 468 g/mol. The lowest BCUT2D eigenvalue weighted by Crippen LogP contribution is -2.20. The van der Waals surface area contributed by atoms with Crippen LogP contribution in [0.25, 0.3) is 5.52 Å². The van der Waals surface area contributed by atoms with Crippen LogP contribution in [0.5, 0.6) is 5.75 Å². The lowest BCUT2D eigenvalue weighted by Gasteiger charge is -2.13. The van der Waals surface area contributed by atoms with Crippen molar-refractivity contribution in [3.63, 3.8) is 0 Å². The maximum Gasteiger partial charge on any atom is 0.323 e. The van der Waals surface area contributed by atoms with Crippen LogP contribution in [0.4, 0.5) is 22.0 Å². The number of rotatable bonds is 8. The summed E-state index contributed by atoms with van der Waals surface area (Å²) in [5, 5.41) is 9.78. The van der Waals surface area contributed by atoms with E-state index in [1.807, 2.05) is 13.8 Å². The van der Waals surface area contributed by atoms with Gasteiger partial charge in [-0.15, -0.1) is 11.6 Å². The van der Waals surface area contributed by atoms with Crippen molar-refractivity contribution < 1.29 is 14.3 Å². The molecule has 0 bridgehead atoms. The number of para-hydroxylation sites is 2. The van der Waals surface area contributed by atoms with Crippen LogP contribution in [0.2, 0.25) is 0 Å². The lowest BCUT2D eigenvalue weighted by atomic mass is 10.0. The van der Waals surface area contributed by atoms with Crippen molar-refractivity contribution in [2.24, 2.45) is 0 Å². The molecule has 2 amide bonds. The minimum atomic E-state index is -0.481. The smallest absolute Gasteiger partial charge is 0.323 e. The van der Waals surface area contributed by atoms with Gasteiger partial charge in [-0.05, 0) is 36.2 Å². The van der Waals surface area contributed by atoms with E-state index in [1.165, 1.54) is 6.33 Å². The van der Waals surface area contributed by atoms with E-state index in [-0.39, 0.29) is 17.5 Å². The van der Waals surface area contributed by atoms with Crippen LogP contribution >= 0.6 is 11.6 Å². The number of carbonyl (C=O) groups is 2. The number of hydrogen-bond donors (Lipinski definition) is 3. The fraction of sp³-hybridized carbons (Fsp3) is 0.200. The molecule has 0 spiro atoms. The van der Waals surface area contributed by atoms with Crippen LogP contribution in [0, 0.1) is 0 Å². The van der Waals surface area contributed by atoms with Crippen molar-refractivity contribution in [1.82, 2.24) is 14.6 Å². The molecule has 2 aromatic heterocycles. The van der Waals surface area contributed by atoms with Gasteiger partial charge in [0.25, 0.3) is 0 Å². The maximum absolute atomic E-state index is 13.4. The van der Waals surface area contributed by atoms with Gasteiger partial charge in [-0.1, -0.05) is 38.1 Å². The van der Waals surface area contributed by atoms with Crippen LogP contribution in [0.3, 0.4) is 0 Å². The summed E-state index contributed by atoms with van der Waals surface area (Å²) >= 11 is 5.69. The quantitative estimate of drug-likeness (QED) is 0.237. The van der Waals surface area contributed by atoms with Gasteiger partial charge in [0.1, 0.15) is 24.2 Å². The van der Waals surface area contributed by atoms with Crippen molar-refractivity contribution in [3.05, 3.63) is 77.7 Å². The number of aromatic nitrogens is 3. The summed E-state index contributed by atoms with van der Waals surface area (Å²) in [5.41, 5.74) is 9.14. The molecule has 0 atom stereocenters. The first-order chi connectivity index (χ1) is 16.9. The van der Waals surface area contributed by atoms with Gasteiger partial charge >= 0.3 is 6.03 Å². The minimum absolute atomic E-state index is 0.117. The molecule has 0 saturated heterocycles. The van der Waals surface area contributed by atoms with Gasteiger partial charge in [0.05, 0.1) is 17.1 Å². The molecule has 0 aliphatic carbocycles. The molecule has 0 radical (unpaired) electrons. The maximum atomic E-state index is 13.4. The minimum Gasteiger partial charge on any atom is -0.490 e. The number of nitrogen functional groups attached to an aromatic ring is 1. The highest BCUT2D eigenvalue weighted by molar-refractivity contribution is 6.18. The predicted molar refractivity (Wildman–Crippen MR) is 137 cm³/mol. The zero-order valence-corrected chi connectivity index (χ0v) is 20.0. The molecule has 4 rings (SSSR count). The summed E-state index contributed by atoms with van der Waals surface area (Å²) in [6.07, 6.45) is 1.37. The fourth-order valence-electron chi connectivity index (χ4n) is 3.70. The average molecular weight is 493 g/mol. The van der Waals surface area contributed by atoms with Crippen LogP contribution in [0.1, 0.15) is 41.4 Å². The number of amides is 2. The van der Waals surface area contributed by atoms with E-state index in [1.54, 1.807) is 59.1 Å². The third kappa shape index (κ3) is 5.20. The van der Waals surface area contributed by atoms with Crippen molar-refractivity contribution in [1.29, 1.82) is 0 Å². The van der Waals surface area contributed by atoms with Gasteiger partial charge in [-0.3, -0.25) is 4.79 Å². The monoisotopic (exact) mass is 492 g/mol. The molecule has 4 aromatic rings. The van der Waals surface area contributed by atoms with Crippen LogP contribution in [0.15, 0.2) is 60.9 Å². The lowest BCUT2D eigenvalue weighted by molar-refractivity contribution is 0.104. The third-order valence-electron chi connectivity index (χ3n) is 5.30. The highest BCUT2D eigenvalue weighted by Gasteiger charge is 2.22. The Morgan fingerprint density at radius 2 is 1.91 bits per heavy atom. The zero-order chi connectivity index (χ0) is 24.9. The number of hydrogen-bond acceptors (Lipinski definition) is 6. The molecule has 2 heterocycles. The van der Waals surface area contributed by atoms with E-state index in [0.29, 0.717) is 46.3 Å². The third-order valence-corrected chi connectivity index (χ3v) is 5.45. The number of benzene rings is 2. The van der Waals surface area contributed by atoms with Crippen molar-refractivity contribution in [2.75, 3.05) is 28.9 Å². The molecule has 0 aliphatic rings. The Kier molecular flexibility index (Phi) is 7.17. The Morgan fingerprint density at radius 1 is 1.11 bits per heavy atom. The van der Waals surface area contributed by atoms with E-state index in [2.05, 4.69) is 20.7 Å². The number of urea groups is 1. The van der Waals surface area contributed by atoms with Gasteiger partial charge in [0.15, 0.2) is 11.6 Å². The second-order valence-corrected chi connectivity index (χ2v) is 8.44. The van der Waals surface area contributed by atoms with Crippen molar-refractivity contribution >= 4 is 46.1 Å². The van der Waals surface area contributed by atoms with Crippen LogP contribution < -0.4 is 21.1 Å². The van der Waals surface area contributed by atoms with Gasteiger partial charge < -0.3 is 21.1 Å². The number of fused-ring (bicyclic) bond motifs is 1. The van der Waals surface area contributed by atoms with E-state index in [9.17, 15) is 9.59 Å². The summed E-state index contributed by atoms with van der Waals surface area (Å²) in [4.78, 5) is 30.1. The normalized spacial score (nSPS) is 11.0. The Hall–Kier alpha value is -4.11. The van der Waals surface area contributed by atoms with Gasteiger partial charge in [0.2, 0.25) is 0 Å². The Balaban J connectivity index is 1.57. The molecule has 10 heteroatoms. The summed E-state index contributed by atoms with van der Waals surface area (Å²) in [6, 6.07) is 15.0. The van der Waals surface area contributed by atoms with E-state index >= 15 is 0 Å². The number of halogens is 1. The SMILES string of the molecule is CC(C)c1cc(C(=O)c2cccc(NC(=O)Nc3ccccc3OCCCl)c2)c2c(N)ncnn12. The fourth-order valence-corrected chi connectivity index (χ4v) is 3.78. The zero-order valence-electron chi connectivity index (χ0n) is 19.3. The second kappa shape index (κ2) is 10.4. The first-order valence-electron chi connectivity index (χ1n) is 11.0. The number of carbonyl (C=O) groups excluding carboxylic acids is 2. The average Bonchev–Trinajstić information content (AvgIpc) is 3.24. The van der Waals surface area contributed by atoms with E-state index in [0.717, 1.165) is 5.69 Å². The summed E-state index contributed by atoms with van der Waals surface area (Å²) in [6.45, 7) is 4.33. The number of alkyl halides is 1. The molecule has 2 aromatic carbocycles. The van der Waals surface area contributed by atoms with Gasteiger partial charge in [0, 0.05) is 16.9 Å². The molecular formula is C25H25ClN6O3. The predicted octanol–water partition coefficient (Wildman–Crippen LogP) is 4.93. The van der Waals surface area contributed by atoms with Crippen molar-refractivity contribution in [2.45, 2.75) is 19.8 Å². The number of nitrogens with one attached hydrogen (secondary N) is 2. The Morgan fingerprint density at radius 3 is 2.69 bits per heavy atom. The second-order valence-electron chi connectivity index (χ2n) is 8.07. The topological polar surface area (TPSA) is 124 Å². The first-order valence-corrected chi connectivity index (χ1v) is 11.5. The highest BCUT2D eigenvalue weighted by atomic mass is 35.5. The largest absolute Gasteiger partial charge is 0.490 e. The molecule has 180 valence electrons. The van der Waals surface area contributed by atoms with E-state index < -0.39 is 6.03 Å². The molecule has 0 unspecified atom stereocenters. The van der Waals surface area contributed by atoms with Crippen LogP contribution in [-0.4, -0.2) is 38.9 Å². The Labute approximate surface area is 207 Å². The van der Waals surface area contributed by atoms with Crippen LogP contribution in [-0.2, 0) is 0 Å². The molecule has 4 N–H and O–H groups in total. The first kappa shape index (κ1) is 24.0. The molecule has 0 fully saturated rings. The van der Waals surface area contributed by atoms with Gasteiger partial charge in [-0.2, -0.15) is 5.10 Å². The molecule has 0 saturated carbocycles. The number of ketones is 1. The Bertz CT molecular complexity index is 1380.